The van der Waals surface area contributed by atoms with Gasteiger partial charge in [0, 0.05) is 18.0 Å². The van der Waals surface area contributed by atoms with Gasteiger partial charge in [-0.1, -0.05) is 12.2 Å². The molecule has 1 aliphatic heterocycles. The van der Waals surface area contributed by atoms with Gasteiger partial charge in [-0.15, -0.1) is 0 Å². The zero-order valence-corrected chi connectivity index (χ0v) is 9.69. The number of allylic oxidation sites excluding steroid dienone is 2. The van der Waals surface area contributed by atoms with Crippen LogP contribution in [0.4, 0.5) is 0 Å². The van der Waals surface area contributed by atoms with Crippen molar-refractivity contribution in [3.63, 3.8) is 0 Å². The van der Waals surface area contributed by atoms with Crippen molar-refractivity contribution in [1.29, 1.82) is 0 Å². The molecule has 1 unspecified atom stereocenters. The second-order valence-electron chi connectivity index (χ2n) is 4.06. The largest absolute Gasteiger partial charge is 0.386 e. The number of pyridine rings is 1. The smallest absolute Gasteiger partial charge is 0.0967 e. The fourth-order valence-corrected chi connectivity index (χ4v) is 1.87. The number of aromatic nitrogens is 3. The van der Waals surface area contributed by atoms with E-state index in [2.05, 4.69) is 15.4 Å². The Morgan fingerprint density at radius 1 is 1.33 bits per heavy atom. The van der Waals surface area contributed by atoms with E-state index in [1.807, 2.05) is 42.8 Å². The highest BCUT2D eigenvalue weighted by Gasteiger charge is 2.12. The average molecular weight is 239 g/mol. The molecule has 2 aromatic heterocycles. The molecule has 0 fully saturated rings. The first-order valence-electron chi connectivity index (χ1n) is 5.68. The Hall–Kier alpha value is -2.56. The monoisotopic (exact) mass is 239 g/mol. The van der Waals surface area contributed by atoms with Crippen LogP contribution in [0.5, 0.6) is 0 Å². The molecule has 1 aliphatic rings. The van der Waals surface area contributed by atoms with Crippen LogP contribution in [-0.4, -0.2) is 14.8 Å². The highest BCUT2D eigenvalue weighted by Crippen LogP contribution is 2.18. The maximum Gasteiger partial charge on any atom is 0.0967 e. The molecule has 5 nitrogen and oxygen atoms in total. The predicted molar refractivity (Wildman–Crippen MR) is 68.6 cm³/mol. The summed E-state index contributed by atoms with van der Waals surface area (Å²) in [5, 5.41) is 7.51. The molecule has 2 aromatic rings. The maximum absolute atomic E-state index is 5.74. The molecule has 3 N–H and O–H groups in total. The Morgan fingerprint density at radius 3 is 3.06 bits per heavy atom. The standard InChI is InChI=1S/C13H13N5/c14-13-5-1-4-12(17-13)10-7-16-18(9-10)11-3-2-6-15-8-11/h1-9,12,17H,14H2. The highest BCUT2D eigenvalue weighted by molar-refractivity contribution is 5.31. The van der Waals surface area contributed by atoms with Crippen LogP contribution < -0.4 is 11.1 Å². The van der Waals surface area contributed by atoms with Crippen LogP contribution >= 0.6 is 0 Å². The molecule has 0 aromatic carbocycles. The summed E-state index contributed by atoms with van der Waals surface area (Å²) in [6.07, 6.45) is 13.1. The van der Waals surface area contributed by atoms with Crippen LogP contribution in [0.2, 0.25) is 0 Å². The first-order chi connectivity index (χ1) is 8.83. The van der Waals surface area contributed by atoms with Crippen LogP contribution in [0.3, 0.4) is 0 Å². The number of hydrogen-bond acceptors (Lipinski definition) is 4. The van der Waals surface area contributed by atoms with Gasteiger partial charge in [-0.2, -0.15) is 5.10 Å². The van der Waals surface area contributed by atoms with E-state index in [4.69, 9.17) is 5.73 Å². The number of nitrogens with zero attached hydrogens (tertiary/aromatic N) is 3. The van der Waals surface area contributed by atoms with Crippen LogP contribution in [-0.2, 0) is 0 Å². The molecule has 0 saturated carbocycles. The minimum atomic E-state index is 0.0698. The second kappa shape index (κ2) is 4.37. The van der Waals surface area contributed by atoms with Crippen LogP contribution in [0.15, 0.2) is 61.0 Å². The molecule has 1 atom stereocenters. The molecule has 0 saturated heterocycles. The molecule has 0 amide bonds. The summed E-state index contributed by atoms with van der Waals surface area (Å²) < 4.78 is 1.80. The Labute approximate surface area is 105 Å². The Morgan fingerprint density at radius 2 is 2.28 bits per heavy atom. The van der Waals surface area contributed by atoms with Crippen molar-refractivity contribution in [3.05, 3.63) is 66.5 Å². The molecule has 0 aliphatic carbocycles. The lowest BCUT2D eigenvalue weighted by Gasteiger charge is -2.17. The van der Waals surface area contributed by atoms with Crippen molar-refractivity contribution in [2.24, 2.45) is 5.73 Å². The summed E-state index contributed by atoms with van der Waals surface area (Å²) in [6, 6.07) is 3.92. The summed E-state index contributed by atoms with van der Waals surface area (Å²) in [6.45, 7) is 0. The van der Waals surface area contributed by atoms with Crippen molar-refractivity contribution in [2.75, 3.05) is 0 Å². The molecule has 90 valence electrons. The van der Waals surface area contributed by atoms with E-state index in [0.717, 1.165) is 11.3 Å². The van der Waals surface area contributed by atoms with E-state index in [1.165, 1.54) is 0 Å². The quantitative estimate of drug-likeness (QED) is 0.828. The molecular weight excluding hydrogens is 226 g/mol. The normalized spacial score (nSPS) is 18.2. The van der Waals surface area contributed by atoms with E-state index in [1.54, 1.807) is 17.1 Å². The molecule has 3 heterocycles. The summed E-state index contributed by atoms with van der Waals surface area (Å²) >= 11 is 0. The first-order valence-corrected chi connectivity index (χ1v) is 5.68. The van der Waals surface area contributed by atoms with Crippen LogP contribution in [0.25, 0.3) is 5.69 Å². The van der Waals surface area contributed by atoms with Crippen LogP contribution in [0.1, 0.15) is 11.6 Å². The predicted octanol–water partition coefficient (Wildman–Crippen LogP) is 1.27. The Kier molecular flexibility index (Phi) is 2.57. The van der Waals surface area contributed by atoms with Crippen LogP contribution in [0, 0.1) is 0 Å². The summed E-state index contributed by atoms with van der Waals surface area (Å²) in [5.74, 6) is 0.664. The molecule has 0 spiro atoms. The fraction of sp³-hybridized carbons (Fsp3) is 0.0769. The van der Waals surface area contributed by atoms with Gasteiger partial charge in [0.25, 0.3) is 0 Å². The average Bonchev–Trinajstić information content (AvgIpc) is 2.89. The topological polar surface area (TPSA) is 68.8 Å². The van der Waals surface area contributed by atoms with Gasteiger partial charge in [0.1, 0.15) is 0 Å². The van der Waals surface area contributed by atoms with Gasteiger partial charge >= 0.3 is 0 Å². The lowest BCUT2D eigenvalue weighted by molar-refractivity contribution is 0.696. The zero-order valence-electron chi connectivity index (χ0n) is 9.69. The maximum atomic E-state index is 5.74. The van der Waals surface area contributed by atoms with Crippen molar-refractivity contribution < 1.29 is 0 Å². The molecule has 0 bridgehead atoms. The summed E-state index contributed by atoms with van der Waals surface area (Å²) in [7, 11) is 0. The van der Waals surface area contributed by atoms with E-state index >= 15 is 0 Å². The third-order valence-corrected chi connectivity index (χ3v) is 2.77. The van der Waals surface area contributed by atoms with Gasteiger partial charge in [-0.05, 0) is 18.2 Å². The summed E-state index contributed by atoms with van der Waals surface area (Å²) in [5.41, 5.74) is 7.74. The first kappa shape index (κ1) is 10.6. The van der Waals surface area contributed by atoms with E-state index < -0.39 is 0 Å². The fourth-order valence-electron chi connectivity index (χ4n) is 1.87. The minimum Gasteiger partial charge on any atom is -0.386 e. The van der Waals surface area contributed by atoms with Crippen molar-refractivity contribution >= 4 is 0 Å². The Balaban J connectivity index is 1.87. The third-order valence-electron chi connectivity index (χ3n) is 2.77. The molecular formula is C13H13N5. The van der Waals surface area contributed by atoms with E-state index in [-0.39, 0.29) is 6.04 Å². The number of dihydropyridines is 1. The lowest BCUT2D eigenvalue weighted by Crippen LogP contribution is -2.25. The Bertz CT molecular complexity index is 597. The highest BCUT2D eigenvalue weighted by atomic mass is 15.3. The minimum absolute atomic E-state index is 0.0698. The molecule has 3 rings (SSSR count). The SMILES string of the molecule is NC1=CC=CC(c2cnn(-c3cccnc3)c2)N1. The molecule has 0 radical (unpaired) electrons. The van der Waals surface area contributed by atoms with Crippen molar-refractivity contribution in [2.45, 2.75) is 6.04 Å². The van der Waals surface area contributed by atoms with Gasteiger partial charge in [-0.3, -0.25) is 4.98 Å². The number of hydrogen-bond donors (Lipinski definition) is 2. The summed E-state index contributed by atoms with van der Waals surface area (Å²) in [4.78, 5) is 4.08. The van der Waals surface area contributed by atoms with Gasteiger partial charge in [0.05, 0.1) is 29.9 Å². The van der Waals surface area contributed by atoms with Crippen molar-refractivity contribution in [3.8, 4) is 5.69 Å². The van der Waals surface area contributed by atoms with E-state index in [9.17, 15) is 0 Å². The molecule has 5 heteroatoms. The third kappa shape index (κ3) is 1.98. The lowest BCUT2D eigenvalue weighted by atomic mass is 10.1. The van der Waals surface area contributed by atoms with Gasteiger partial charge < -0.3 is 11.1 Å². The van der Waals surface area contributed by atoms with Gasteiger partial charge in [0.15, 0.2) is 0 Å². The molecule has 18 heavy (non-hydrogen) atoms. The van der Waals surface area contributed by atoms with E-state index in [0.29, 0.717) is 5.82 Å². The van der Waals surface area contributed by atoms with Gasteiger partial charge in [-0.25, -0.2) is 4.68 Å². The number of nitrogens with one attached hydrogen (secondary N) is 1. The number of rotatable bonds is 2. The number of nitrogens with two attached hydrogens (primary N) is 1. The second-order valence-corrected chi connectivity index (χ2v) is 4.06. The van der Waals surface area contributed by atoms with Gasteiger partial charge in [0.2, 0.25) is 0 Å². The van der Waals surface area contributed by atoms with Crippen molar-refractivity contribution in [1.82, 2.24) is 20.1 Å². The zero-order chi connectivity index (χ0) is 12.4.